The van der Waals surface area contributed by atoms with Gasteiger partial charge in [0.1, 0.15) is 0 Å². The lowest BCUT2D eigenvalue weighted by molar-refractivity contribution is 0.141. The molecule has 2 atom stereocenters. The molecule has 20 heavy (non-hydrogen) atoms. The first kappa shape index (κ1) is 13.8. The van der Waals surface area contributed by atoms with E-state index < -0.39 is 0 Å². The molecule has 0 spiro atoms. The van der Waals surface area contributed by atoms with Crippen molar-refractivity contribution in [2.24, 2.45) is 5.92 Å². The van der Waals surface area contributed by atoms with E-state index in [9.17, 15) is 4.79 Å². The summed E-state index contributed by atoms with van der Waals surface area (Å²) in [7, 11) is 0. The Labute approximate surface area is 124 Å². The number of urea groups is 1. The highest BCUT2D eigenvalue weighted by Crippen LogP contribution is 2.28. The first-order valence-corrected chi connectivity index (χ1v) is 8.34. The SMILES string of the molecule is CCNC(=O)N1C[C@H]2CC[C@@H]1CN(Cc1cscn1)C2. The summed E-state index contributed by atoms with van der Waals surface area (Å²) in [4.78, 5) is 21.1. The van der Waals surface area contributed by atoms with E-state index in [1.54, 1.807) is 11.3 Å². The van der Waals surface area contributed by atoms with Crippen LogP contribution in [0.4, 0.5) is 4.79 Å². The van der Waals surface area contributed by atoms with Crippen LogP contribution >= 0.6 is 11.3 Å². The largest absolute Gasteiger partial charge is 0.338 e. The highest BCUT2D eigenvalue weighted by Gasteiger charge is 2.36. The maximum atomic E-state index is 12.2. The van der Waals surface area contributed by atoms with Gasteiger partial charge in [-0.15, -0.1) is 11.3 Å². The van der Waals surface area contributed by atoms with Crippen LogP contribution in [-0.4, -0.2) is 53.0 Å². The zero-order chi connectivity index (χ0) is 13.9. The number of nitrogens with one attached hydrogen (secondary N) is 1. The van der Waals surface area contributed by atoms with Crippen molar-refractivity contribution in [3.63, 3.8) is 0 Å². The number of carbonyl (C=O) groups is 1. The van der Waals surface area contributed by atoms with Gasteiger partial charge in [-0.25, -0.2) is 9.78 Å². The van der Waals surface area contributed by atoms with Gasteiger partial charge in [-0.3, -0.25) is 4.90 Å². The Hall–Kier alpha value is -1.14. The van der Waals surface area contributed by atoms with Crippen molar-refractivity contribution >= 4 is 17.4 Å². The highest BCUT2D eigenvalue weighted by molar-refractivity contribution is 7.07. The molecule has 1 aromatic rings. The van der Waals surface area contributed by atoms with Crippen molar-refractivity contribution in [1.29, 1.82) is 0 Å². The summed E-state index contributed by atoms with van der Waals surface area (Å²) in [6.07, 6.45) is 2.38. The molecule has 3 aliphatic rings. The minimum absolute atomic E-state index is 0.109. The van der Waals surface area contributed by atoms with E-state index in [0.717, 1.165) is 38.3 Å². The summed E-state index contributed by atoms with van der Waals surface area (Å²) in [6, 6.07) is 0.469. The second-order valence-corrected chi connectivity index (χ2v) is 6.48. The van der Waals surface area contributed by atoms with Crippen LogP contribution in [0.2, 0.25) is 0 Å². The summed E-state index contributed by atoms with van der Waals surface area (Å²) in [6.45, 7) is 6.57. The third-order valence-electron chi connectivity index (χ3n) is 4.25. The van der Waals surface area contributed by atoms with Crippen molar-refractivity contribution in [2.75, 3.05) is 26.2 Å². The lowest BCUT2D eigenvalue weighted by Gasteiger charge is -2.36. The molecule has 0 unspecified atom stereocenters. The Kier molecular flexibility index (Phi) is 4.21. The number of thiazole rings is 1. The average molecular weight is 294 g/mol. The Morgan fingerprint density at radius 3 is 3.10 bits per heavy atom. The predicted octanol–water partition coefficient (Wildman–Crippen LogP) is 1.77. The van der Waals surface area contributed by atoms with Crippen LogP contribution in [0.3, 0.4) is 0 Å². The van der Waals surface area contributed by atoms with Gasteiger partial charge in [0, 0.05) is 44.1 Å². The number of rotatable bonds is 3. The number of piperidine rings is 1. The summed E-state index contributed by atoms with van der Waals surface area (Å²) in [5.74, 6) is 0.606. The molecular formula is C14H22N4OS. The Balaban J connectivity index is 1.67. The number of hydrogen-bond acceptors (Lipinski definition) is 4. The molecule has 0 saturated carbocycles. The summed E-state index contributed by atoms with van der Waals surface area (Å²) < 4.78 is 0. The lowest BCUT2D eigenvalue weighted by Crippen LogP contribution is -2.51. The molecule has 4 heterocycles. The third kappa shape index (κ3) is 2.96. The summed E-state index contributed by atoms with van der Waals surface area (Å²) in [5.41, 5.74) is 3.05. The second kappa shape index (κ2) is 6.10. The van der Waals surface area contributed by atoms with Gasteiger partial charge in [-0.05, 0) is 25.7 Å². The van der Waals surface area contributed by atoms with E-state index in [-0.39, 0.29) is 6.03 Å². The minimum atomic E-state index is 0.109. The molecule has 3 aliphatic heterocycles. The van der Waals surface area contributed by atoms with Crippen molar-refractivity contribution in [1.82, 2.24) is 20.1 Å². The molecule has 1 aromatic heterocycles. The number of fused-ring (bicyclic) bond motifs is 4. The first-order chi connectivity index (χ1) is 9.76. The average Bonchev–Trinajstić information content (AvgIpc) is 2.78. The van der Waals surface area contributed by atoms with Crippen molar-refractivity contribution in [2.45, 2.75) is 32.4 Å². The van der Waals surface area contributed by atoms with Gasteiger partial charge in [0.05, 0.1) is 11.2 Å². The molecule has 0 aliphatic carbocycles. The van der Waals surface area contributed by atoms with Crippen molar-refractivity contribution < 1.29 is 4.79 Å². The fourth-order valence-electron chi connectivity index (χ4n) is 3.35. The van der Waals surface area contributed by atoms with Gasteiger partial charge in [0.15, 0.2) is 0 Å². The molecule has 110 valence electrons. The van der Waals surface area contributed by atoms with E-state index in [0.29, 0.717) is 18.5 Å². The number of carbonyl (C=O) groups excluding carboxylic acids is 1. The molecule has 0 aromatic carbocycles. The van der Waals surface area contributed by atoms with Crippen LogP contribution in [0.1, 0.15) is 25.5 Å². The van der Waals surface area contributed by atoms with E-state index >= 15 is 0 Å². The van der Waals surface area contributed by atoms with Crippen LogP contribution in [0.5, 0.6) is 0 Å². The van der Waals surface area contributed by atoms with Crippen LogP contribution in [0.15, 0.2) is 10.9 Å². The zero-order valence-corrected chi connectivity index (χ0v) is 12.7. The molecule has 6 heteroatoms. The Morgan fingerprint density at radius 2 is 2.35 bits per heavy atom. The molecular weight excluding hydrogens is 272 g/mol. The van der Waals surface area contributed by atoms with Crippen LogP contribution < -0.4 is 5.32 Å². The van der Waals surface area contributed by atoms with E-state index in [2.05, 4.69) is 25.5 Å². The van der Waals surface area contributed by atoms with Gasteiger partial charge >= 0.3 is 6.03 Å². The molecule has 3 saturated heterocycles. The topological polar surface area (TPSA) is 48.5 Å². The lowest BCUT2D eigenvalue weighted by atomic mass is 9.95. The number of nitrogens with zero attached hydrogens (tertiary/aromatic N) is 3. The summed E-state index contributed by atoms with van der Waals surface area (Å²) >= 11 is 1.65. The smallest absolute Gasteiger partial charge is 0.317 e. The van der Waals surface area contributed by atoms with Crippen molar-refractivity contribution in [3.8, 4) is 0 Å². The Morgan fingerprint density at radius 1 is 1.45 bits per heavy atom. The molecule has 4 rings (SSSR count). The number of hydrogen-bond donors (Lipinski definition) is 1. The van der Waals surface area contributed by atoms with E-state index in [1.807, 2.05) is 12.4 Å². The maximum absolute atomic E-state index is 12.2. The van der Waals surface area contributed by atoms with Gasteiger partial charge in [0.2, 0.25) is 0 Å². The standard InChI is InChI=1S/C14H22N4OS/c1-2-15-14(19)18-6-11-3-4-13(18)8-17(5-11)7-12-9-20-10-16-12/h9-11,13H,2-8H2,1H3,(H,15,19)/t11-,13+/m0/s1. The second-order valence-electron chi connectivity index (χ2n) is 5.76. The third-order valence-corrected chi connectivity index (χ3v) is 4.88. The molecule has 3 fully saturated rings. The van der Waals surface area contributed by atoms with Gasteiger partial charge in [-0.1, -0.05) is 0 Å². The maximum Gasteiger partial charge on any atom is 0.317 e. The van der Waals surface area contributed by atoms with E-state index in [4.69, 9.17) is 0 Å². The van der Waals surface area contributed by atoms with Crippen LogP contribution in [0, 0.1) is 5.92 Å². The molecule has 2 bridgehead atoms. The highest BCUT2D eigenvalue weighted by atomic mass is 32.1. The Bertz CT molecular complexity index is 450. The van der Waals surface area contributed by atoms with Crippen LogP contribution in [0.25, 0.3) is 0 Å². The molecule has 0 radical (unpaired) electrons. The van der Waals surface area contributed by atoms with Crippen LogP contribution in [-0.2, 0) is 6.54 Å². The minimum Gasteiger partial charge on any atom is -0.338 e. The number of amides is 2. The molecule has 2 amide bonds. The normalized spacial score (nSPS) is 26.6. The fraction of sp³-hybridized carbons (Fsp3) is 0.714. The van der Waals surface area contributed by atoms with E-state index in [1.165, 1.54) is 6.42 Å². The van der Waals surface area contributed by atoms with Crippen molar-refractivity contribution in [3.05, 3.63) is 16.6 Å². The monoisotopic (exact) mass is 294 g/mol. The van der Waals surface area contributed by atoms with Gasteiger partial charge in [-0.2, -0.15) is 0 Å². The van der Waals surface area contributed by atoms with Gasteiger partial charge < -0.3 is 10.2 Å². The molecule has 1 N–H and O–H groups in total. The molecule has 5 nitrogen and oxygen atoms in total. The van der Waals surface area contributed by atoms with Gasteiger partial charge in [0.25, 0.3) is 0 Å². The first-order valence-electron chi connectivity index (χ1n) is 7.40. The summed E-state index contributed by atoms with van der Waals surface area (Å²) in [5, 5.41) is 5.07. The zero-order valence-electron chi connectivity index (χ0n) is 11.9. The fourth-order valence-corrected chi connectivity index (χ4v) is 3.90. The predicted molar refractivity (Wildman–Crippen MR) is 79.7 cm³/mol. The quantitative estimate of drug-likeness (QED) is 0.924. The number of aromatic nitrogens is 1.